The van der Waals surface area contributed by atoms with E-state index in [4.69, 9.17) is 11.6 Å². The van der Waals surface area contributed by atoms with Gasteiger partial charge in [-0.3, -0.25) is 4.79 Å². The molecule has 22 heavy (non-hydrogen) atoms. The number of benzene rings is 1. The molecule has 0 bridgehead atoms. The number of nitrogens with zero attached hydrogens (tertiary/aromatic N) is 1. The first-order chi connectivity index (χ1) is 10.5. The predicted octanol–water partition coefficient (Wildman–Crippen LogP) is 4.80. The normalized spacial score (nSPS) is 18.2. The number of nitrogens with one attached hydrogen (secondary N) is 1. The van der Waals surface area contributed by atoms with Gasteiger partial charge in [0, 0.05) is 16.6 Å². The second kappa shape index (κ2) is 8.32. The van der Waals surface area contributed by atoms with Crippen molar-refractivity contribution in [3.8, 4) is 0 Å². The standard InChI is InChI=1S/C17H24BrClN2O/c1-3-12(13-6-8-21(2)9-7-13)10-17(22)20-14-4-5-15(18)16(19)11-14/h4-5,11-13H,3,6-10H2,1-2H3,(H,20,22). The Balaban J connectivity index is 1.90. The molecule has 0 aliphatic carbocycles. The summed E-state index contributed by atoms with van der Waals surface area (Å²) < 4.78 is 0.838. The number of hydrogen-bond acceptors (Lipinski definition) is 2. The molecule has 1 aliphatic heterocycles. The highest BCUT2D eigenvalue weighted by Gasteiger charge is 2.26. The van der Waals surface area contributed by atoms with Crippen LogP contribution in [0.5, 0.6) is 0 Å². The number of halogens is 2. The van der Waals surface area contributed by atoms with E-state index >= 15 is 0 Å². The summed E-state index contributed by atoms with van der Waals surface area (Å²) in [5, 5.41) is 3.58. The molecule has 2 rings (SSSR count). The summed E-state index contributed by atoms with van der Waals surface area (Å²) in [7, 11) is 2.17. The highest BCUT2D eigenvalue weighted by atomic mass is 79.9. The van der Waals surface area contributed by atoms with Crippen molar-refractivity contribution in [2.75, 3.05) is 25.5 Å². The molecule has 0 saturated carbocycles. The van der Waals surface area contributed by atoms with Gasteiger partial charge in [0.25, 0.3) is 0 Å². The Bertz CT molecular complexity index is 515. The predicted molar refractivity (Wildman–Crippen MR) is 96.4 cm³/mol. The molecule has 122 valence electrons. The second-order valence-corrected chi connectivity index (χ2v) is 7.45. The van der Waals surface area contributed by atoms with Crippen LogP contribution in [0.15, 0.2) is 22.7 Å². The molecular weight excluding hydrogens is 364 g/mol. The van der Waals surface area contributed by atoms with Crippen LogP contribution in [0.3, 0.4) is 0 Å². The maximum atomic E-state index is 12.3. The largest absolute Gasteiger partial charge is 0.326 e. The SMILES string of the molecule is CCC(CC(=O)Nc1ccc(Br)c(Cl)c1)C1CCN(C)CC1. The third kappa shape index (κ3) is 4.97. The highest BCUT2D eigenvalue weighted by molar-refractivity contribution is 9.10. The molecule has 1 heterocycles. The van der Waals surface area contributed by atoms with Crippen LogP contribution in [0.4, 0.5) is 5.69 Å². The third-order valence-electron chi connectivity index (χ3n) is 4.61. The summed E-state index contributed by atoms with van der Waals surface area (Å²) in [6, 6.07) is 5.50. The molecule has 1 aromatic carbocycles. The number of anilines is 1. The van der Waals surface area contributed by atoms with Crippen molar-refractivity contribution in [2.45, 2.75) is 32.6 Å². The first kappa shape index (κ1) is 17.8. The summed E-state index contributed by atoms with van der Waals surface area (Å²) in [4.78, 5) is 14.7. The lowest BCUT2D eigenvalue weighted by molar-refractivity contribution is -0.117. The van der Waals surface area contributed by atoms with Gasteiger partial charge in [-0.05, 0) is 78.9 Å². The smallest absolute Gasteiger partial charge is 0.224 e. The van der Waals surface area contributed by atoms with Crippen molar-refractivity contribution in [2.24, 2.45) is 11.8 Å². The molecule has 1 saturated heterocycles. The van der Waals surface area contributed by atoms with Crippen molar-refractivity contribution in [3.63, 3.8) is 0 Å². The number of hydrogen-bond donors (Lipinski definition) is 1. The van der Waals surface area contributed by atoms with Crippen molar-refractivity contribution >= 4 is 39.1 Å². The zero-order chi connectivity index (χ0) is 16.1. The van der Waals surface area contributed by atoms with E-state index in [1.807, 2.05) is 12.1 Å². The molecular formula is C17H24BrClN2O. The Morgan fingerprint density at radius 1 is 1.45 bits per heavy atom. The first-order valence-corrected chi connectivity index (χ1v) is 9.10. The number of rotatable bonds is 5. The Kier molecular flexibility index (Phi) is 6.72. The average molecular weight is 388 g/mol. The summed E-state index contributed by atoms with van der Waals surface area (Å²) in [5.41, 5.74) is 0.761. The number of carbonyl (C=O) groups is 1. The molecule has 1 fully saturated rings. The van der Waals surface area contributed by atoms with Crippen LogP contribution in [0, 0.1) is 11.8 Å². The van der Waals surface area contributed by atoms with Gasteiger partial charge in [-0.2, -0.15) is 0 Å². The van der Waals surface area contributed by atoms with E-state index in [2.05, 4.69) is 40.1 Å². The van der Waals surface area contributed by atoms with Gasteiger partial charge in [0.2, 0.25) is 5.91 Å². The first-order valence-electron chi connectivity index (χ1n) is 7.93. The van der Waals surface area contributed by atoms with E-state index in [9.17, 15) is 4.79 Å². The molecule has 0 spiro atoms. The number of likely N-dealkylation sites (tertiary alicyclic amines) is 1. The van der Waals surface area contributed by atoms with Crippen molar-refractivity contribution in [3.05, 3.63) is 27.7 Å². The zero-order valence-electron chi connectivity index (χ0n) is 13.2. The molecule has 1 atom stereocenters. The fourth-order valence-corrected chi connectivity index (χ4v) is 3.60. The van der Waals surface area contributed by atoms with Gasteiger partial charge >= 0.3 is 0 Å². The Hall–Kier alpha value is -0.580. The van der Waals surface area contributed by atoms with Gasteiger partial charge in [0.05, 0.1) is 5.02 Å². The number of amides is 1. The van der Waals surface area contributed by atoms with Crippen molar-refractivity contribution < 1.29 is 4.79 Å². The highest BCUT2D eigenvalue weighted by Crippen LogP contribution is 2.30. The lowest BCUT2D eigenvalue weighted by atomic mass is 9.80. The van der Waals surface area contributed by atoms with Gasteiger partial charge in [-0.1, -0.05) is 24.9 Å². The Morgan fingerprint density at radius 2 is 2.14 bits per heavy atom. The van der Waals surface area contributed by atoms with E-state index in [-0.39, 0.29) is 5.91 Å². The third-order valence-corrected chi connectivity index (χ3v) is 5.84. The number of carbonyl (C=O) groups excluding carboxylic acids is 1. The van der Waals surface area contributed by atoms with Gasteiger partial charge in [0.15, 0.2) is 0 Å². The van der Waals surface area contributed by atoms with E-state index in [0.717, 1.165) is 29.7 Å². The van der Waals surface area contributed by atoms with E-state index in [1.54, 1.807) is 6.07 Å². The summed E-state index contributed by atoms with van der Waals surface area (Å²) in [5.74, 6) is 1.23. The monoisotopic (exact) mass is 386 g/mol. The lowest BCUT2D eigenvalue weighted by Gasteiger charge is -2.33. The summed E-state index contributed by atoms with van der Waals surface area (Å²) in [6.45, 7) is 4.48. The van der Waals surface area contributed by atoms with Gasteiger partial charge in [0.1, 0.15) is 0 Å². The van der Waals surface area contributed by atoms with Crippen LogP contribution >= 0.6 is 27.5 Å². The topological polar surface area (TPSA) is 32.3 Å². The van der Waals surface area contributed by atoms with E-state index in [1.165, 1.54) is 12.8 Å². The van der Waals surface area contributed by atoms with Crippen molar-refractivity contribution in [1.29, 1.82) is 0 Å². The fraction of sp³-hybridized carbons (Fsp3) is 0.588. The summed E-state index contributed by atoms with van der Waals surface area (Å²) >= 11 is 9.42. The molecule has 1 aromatic rings. The minimum Gasteiger partial charge on any atom is -0.326 e. The zero-order valence-corrected chi connectivity index (χ0v) is 15.6. The molecule has 1 unspecified atom stereocenters. The maximum Gasteiger partial charge on any atom is 0.224 e. The Morgan fingerprint density at radius 3 is 2.73 bits per heavy atom. The maximum absolute atomic E-state index is 12.3. The molecule has 0 aromatic heterocycles. The average Bonchev–Trinajstić information content (AvgIpc) is 2.49. The molecule has 1 aliphatic rings. The van der Waals surface area contributed by atoms with Crippen molar-refractivity contribution in [1.82, 2.24) is 4.90 Å². The Labute approximate surface area is 146 Å². The van der Waals surface area contributed by atoms with Crippen LogP contribution in [0.1, 0.15) is 32.6 Å². The van der Waals surface area contributed by atoms with Gasteiger partial charge in [-0.25, -0.2) is 0 Å². The van der Waals surface area contributed by atoms with Crippen LogP contribution in [0.25, 0.3) is 0 Å². The van der Waals surface area contributed by atoms with Crippen LogP contribution in [-0.2, 0) is 4.79 Å². The quantitative estimate of drug-likeness (QED) is 0.787. The molecule has 3 nitrogen and oxygen atoms in total. The van der Waals surface area contributed by atoms with Gasteiger partial charge < -0.3 is 10.2 Å². The summed E-state index contributed by atoms with van der Waals surface area (Å²) in [6.07, 6.45) is 4.06. The molecule has 1 N–H and O–H groups in total. The molecule has 1 amide bonds. The van der Waals surface area contributed by atoms with Crippen LogP contribution in [-0.4, -0.2) is 30.9 Å². The fourth-order valence-electron chi connectivity index (χ4n) is 3.17. The minimum absolute atomic E-state index is 0.0872. The molecule has 5 heteroatoms. The van der Waals surface area contributed by atoms with E-state index < -0.39 is 0 Å². The molecule has 0 radical (unpaired) electrons. The minimum atomic E-state index is 0.0872. The van der Waals surface area contributed by atoms with Crippen LogP contribution in [0.2, 0.25) is 5.02 Å². The van der Waals surface area contributed by atoms with E-state index in [0.29, 0.717) is 23.3 Å². The van der Waals surface area contributed by atoms with Gasteiger partial charge in [-0.15, -0.1) is 0 Å². The number of piperidine rings is 1. The lowest BCUT2D eigenvalue weighted by Crippen LogP contribution is -2.34. The second-order valence-electron chi connectivity index (χ2n) is 6.19. The van der Waals surface area contributed by atoms with Crippen LogP contribution < -0.4 is 5.32 Å².